The third-order valence-electron chi connectivity index (χ3n) is 4.56. The van der Waals surface area contributed by atoms with Crippen molar-refractivity contribution in [3.63, 3.8) is 0 Å². The summed E-state index contributed by atoms with van der Waals surface area (Å²) in [4.78, 5) is 28.2. The number of fused-ring (bicyclic) bond motifs is 1. The summed E-state index contributed by atoms with van der Waals surface area (Å²) >= 11 is 5.84. The zero-order valence-corrected chi connectivity index (χ0v) is 16.7. The minimum absolute atomic E-state index is 0.140. The van der Waals surface area contributed by atoms with Crippen LogP contribution in [0, 0.1) is 0 Å². The maximum absolute atomic E-state index is 12.2. The maximum Gasteiger partial charge on any atom is 0.262 e. The van der Waals surface area contributed by atoms with Crippen LogP contribution in [0.2, 0.25) is 5.02 Å². The van der Waals surface area contributed by atoms with Gasteiger partial charge in [0.05, 0.1) is 19.6 Å². The van der Waals surface area contributed by atoms with Crippen LogP contribution in [0.15, 0.2) is 48.8 Å². The highest BCUT2D eigenvalue weighted by atomic mass is 35.5. The van der Waals surface area contributed by atoms with Gasteiger partial charge in [-0.2, -0.15) is 10.1 Å². The van der Waals surface area contributed by atoms with Gasteiger partial charge in [0.2, 0.25) is 11.9 Å². The number of rotatable bonds is 6. The monoisotopic (exact) mass is 427 g/mol. The Balaban J connectivity index is 1.46. The minimum atomic E-state index is -0.320. The Bertz CT molecular complexity index is 1080. The number of halogens is 1. The molecule has 0 spiro atoms. The average Bonchev–Trinajstić information content (AvgIpc) is 3.21. The first-order valence-corrected chi connectivity index (χ1v) is 9.47. The molecule has 1 aromatic heterocycles. The third-order valence-corrected chi connectivity index (χ3v) is 4.81. The van der Waals surface area contributed by atoms with Crippen molar-refractivity contribution in [1.29, 1.82) is 0 Å². The van der Waals surface area contributed by atoms with Crippen molar-refractivity contribution in [3.05, 3.63) is 59.4 Å². The van der Waals surface area contributed by atoms with E-state index in [1.165, 1.54) is 13.4 Å². The molecule has 0 bridgehead atoms. The van der Waals surface area contributed by atoms with Gasteiger partial charge < -0.3 is 14.8 Å². The van der Waals surface area contributed by atoms with Crippen molar-refractivity contribution >= 4 is 35.1 Å². The summed E-state index contributed by atoms with van der Waals surface area (Å²) in [5.41, 5.74) is 1.43. The van der Waals surface area contributed by atoms with Crippen molar-refractivity contribution in [1.82, 2.24) is 14.8 Å². The van der Waals surface area contributed by atoms with Gasteiger partial charge in [0.1, 0.15) is 6.33 Å². The van der Waals surface area contributed by atoms with Crippen LogP contribution in [0.5, 0.6) is 11.5 Å². The molecule has 2 amide bonds. The maximum atomic E-state index is 12.2. The van der Waals surface area contributed by atoms with Gasteiger partial charge in [-0.25, -0.2) is 4.68 Å². The molecule has 2 heterocycles. The quantitative estimate of drug-likeness (QED) is 0.626. The second-order valence-electron chi connectivity index (χ2n) is 6.55. The molecule has 10 heteroatoms. The van der Waals surface area contributed by atoms with E-state index in [4.69, 9.17) is 21.1 Å². The molecule has 30 heavy (non-hydrogen) atoms. The Morgan fingerprint density at radius 2 is 2.07 bits per heavy atom. The number of carbonyl (C=O) groups excluding carboxylic acids is 2. The topological polar surface area (TPSA) is 107 Å². The lowest BCUT2D eigenvalue weighted by molar-refractivity contribution is -0.118. The normalized spacial score (nSPS) is 15.1. The van der Waals surface area contributed by atoms with Crippen molar-refractivity contribution in [2.24, 2.45) is 0 Å². The van der Waals surface area contributed by atoms with Gasteiger partial charge in [-0.05, 0) is 42.0 Å². The molecule has 0 saturated carbocycles. The zero-order valence-electron chi connectivity index (χ0n) is 16.0. The van der Waals surface area contributed by atoms with Crippen LogP contribution in [0.25, 0.3) is 0 Å². The first-order chi connectivity index (χ1) is 14.5. The zero-order chi connectivity index (χ0) is 21.1. The summed E-state index contributed by atoms with van der Waals surface area (Å²) in [5, 5.41) is 10.2. The fourth-order valence-corrected chi connectivity index (χ4v) is 3.27. The van der Waals surface area contributed by atoms with E-state index in [9.17, 15) is 9.59 Å². The van der Waals surface area contributed by atoms with E-state index in [1.54, 1.807) is 41.1 Å². The van der Waals surface area contributed by atoms with Gasteiger partial charge in [0.25, 0.3) is 5.91 Å². The molecule has 0 aliphatic carbocycles. The molecular weight excluding hydrogens is 410 g/mol. The Morgan fingerprint density at radius 1 is 1.27 bits per heavy atom. The van der Waals surface area contributed by atoms with Crippen LogP contribution in [0.1, 0.15) is 18.0 Å². The summed E-state index contributed by atoms with van der Waals surface area (Å²) in [6, 6.07) is 11.7. The smallest absolute Gasteiger partial charge is 0.262 e. The summed E-state index contributed by atoms with van der Waals surface area (Å²) in [5.74, 6) is 0.791. The van der Waals surface area contributed by atoms with E-state index < -0.39 is 0 Å². The fraction of sp³-hybridized carbons (Fsp3) is 0.200. The summed E-state index contributed by atoms with van der Waals surface area (Å²) < 4.78 is 12.7. The highest BCUT2D eigenvalue weighted by molar-refractivity contribution is 6.30. The van der Waals surface area contributed by atoms with Crippen LogP contribution >= 0.6 is 11.6 Å². The molecule has 0 unspecified atom stereocenters. The number of amides is 2. The third kappa shape index (κ3) is 4.20. The number of anilines is 2. The molecular formula is C20H18ClN5O4. The number of methoxy groups -OCH3 is 1. The molecule has 154 valence electrons. The van der Waals surface area contributed by atoms with E-state index in [1.807, 2.05) is 6.07 Å². The molecule has 0 saturated heterocycles. The first-order valence-electron chi connectivity index (χ1n) is 9.09. The second kappa shape index (κ2) is 8.42. The lowest BCUT2D eigenvalue weighted by Crippen LogP contribution is -2.29. The largest absolute Gasteiger partial charge is 0.493 e. The van der Waals surface area contributed by atoms with E-state index >= 15 is 0 Å². The highest BCUT2D eigenvalue weighted by Crippen LogP contribution is 2.34. The van der Waals surface area contributed by atoms with Crippen molar-refractivity contribution in [3.8, 4) is 11.5 Å². The fourth-order valence-electron chi connectivity index (χ4n) is 3.15. The Labute approximate surface area is 177 Å². The van der Waals surface area contributed by atoms with Gasteiger partial charge in [-0.1, -0.05) is 17.7 Å². The number of ether oxygens (including phenoxy) is 2. The molecule has 0 fully saturated rings. The molecule has 9 nitrogen and oxygen atoms in total. The average molecular weight is 428 g/mol. The van der Waals surface area contributed by atoms with Gasteiger partial charge in [-0.3, -0.25) is 14.9 Å². The Morgan fingerprint density at radius 3 is 2.83 bits per heavy atom. The lowest BCUT2D eigenvalue weighted by atomic mass is 10.0. The number of aromatic nitrogens is 3. The highest BCUT2D eigenvalue weighted by Gasteiger charge is 2.28. The molecule has 3 aromatic rings. The van der Waals surface area contributed by atoms with Gasteiger partial charge in [-0.15, -0.1) is 0 Å². The molecule has 1 aliphatic heterocycles. The van der Waals surface area contributed by atoms with Crippen LogP contribution in [0.3, 0.4) is 0 Å². The summed E-state index contributed by atoms with van der Waals surface area (Å²) in [6.07, 6.45) is 1.62. The first kappa shape index (κ1) is 19.7. The van der Waals surface area contributed by atoms with Crippen molar-refractivity contribution in [2.75, 3.05) is 24.4 Å². The Hall–Kier alpha value is -3.59. The molecule has 1 atom stereocenters. The number of benzene rings is 2. The number of hydrogen-bond donors (Lipinski definition) is 2. The lowest BCUT2D eigenvalue weighted by Gasteiger charge is -2.24. The van der Waals surface area contributed by atoms with Crippen LogP contribution in [0.4, 0.5) is 11.6 Å². The van der Waals surface area contributed by atoms with Crippen molar-refractivity contribution in [2.45, 2.75) is 12.5 Å². The van der Waals surface area contributed by atoms with Gasteiger partial charge in [0, 0.05) is 10.7 Å². The Kier molecular flexibility index (Phi) is 5.53. The number of carbonyl (C=O) groups is 2. The molecule has 2 aromatic carbocycles. The minimum Gasteiger partial charge on any atom is -0.493 e. The molecule has 0 radical (unpaired) electrons. The van der Waals surface area contributed by atoms with Crippen molar-refractivity contribution < 1.29 is 19.1 Å². The number of nitrogens with one attached hydrogen (secondary N) is 2. The second-order valence-corrected chi connectivity index (χ2v) is 6.99. The van der Waals surface area contributed by atoms with E-state index in [2.05, 4.69) is 20.7 Å². The molecule has 4 rings (SSSR count). The van der Waals surface area contributed by atoms with Gasteiger partial charge in [0.15, 0.2) is 18.1 Å². The van der Waals surface area contributed by atoms with Gasteiger partial charge >= 0.3 is 0 Å². The summed E-state index contributed by atoms with van der Waals surface area (Å²) in [7, 11) is 1.51. The van der Waals surface area contributed by atoms with Crippen LogP contribution < -0.4 is 20.1 Å². The predicted molar refractivity (Wildman–Crippen MR) is 110 cm³/mol. The summed E-state index contributed by atoms with van der Waals surface area (Å²) in [6.45, 7) is -0.197. The van der Waals surface area contributed by atoms with E-state index in [-0.39, 0.29) is 30.9 Å². The standard InChI is InChI=1S/C20H18ClN5O4/c1-29-17-8-12(15-9-18(27)25-20-22-11-23-26(15)20)2-7-16(17)30-10-19(28)24-14-5-3-13(21)4-6-14/h2-8,11,15H,9-10H2,1H3,(H,24,28)(H,22,23,25,27)/t15-/m1/s1. The van der Waals surface area contributed by atoms with E-state index in [0.29, 0.717) is 28.2 Å². The SMILES string of the molecule is COc1cc([C@H]2CC(=O)Nc3ncnn32)ccc1OCC(=O)Nc1ccc(Cl)cc1. The molecule has 1 aliphatic rings. The number of hydrogen-bond acceptors (Lipinski definition) is 6. The van der Waals surface area contributed by atoms with Crippen LogP contribution in [-0.4, -0.2) is 40.3 Å². The van der Waals surface area contributed by atoms with E-state index in [0.717, 1.165) is 5.56 Å². The predicted octanol–water partition coefficient (Wildman–Crippen LogP) is 2.89. The molecule has 2 N–H and O–H groups in total. The van der Waals surface area contributed by atoms with Crippen LogP contribution in [-0.2, 0) is 9.59 Å². The number of nitrogens with zero attached hydrogens (tertiary/aromatic N) is 3.